The van der Waals surface area contributed by atoms with Crippen LogP contribution in [0.3, 0.4) is 0 Å². The van der Waals surface area contributed by atoms with Gasteiger partial charge in [-0.1, -0.05) is 13.0 Å². The summed E-state index contributed by atoms with van der Waals surface area (Å²) in [5.74, 6) is 0.825. The molecule has 0 atom stereocenters. The Morgan fingerprint density at radius 2 is 1.70 bits per heavy atom. The third-order valence-electron chi connectivity index (χ3n) is 5.99. The maximum Gasteiger partial charge on any atom is 0.236 e. The minimum Gasteiger partial charge on any atom is -0.493 e. The first-order valence-corrected chi connectivity index (χ1v) is 11.1. The van der Waals surface area contributed by atoms with Gasteiger partial charge in [0.25, 0.3) is 0 Å². The normalized spacial score (nSPS) is 13.9. The molecule has 0 unspecified atom stereocenters. The van der Waals surface area contributed by atoms with Crippen molar-refractivity contribution in [3.63, 3.8) is 0 Å². The average Bonchev–Trinajstić information content (AvgIpc) is 2.83. The summed E-state index contributed by atoms with van der Waals surface area (Å²) in [6, 6.07) is 10.3. The molecule has 8 heteroatoms. The highest BCUT2D eigenvalue weighted by atomic mass is 19.1. The third-order valence-corrected chi connectivity index (χ3v) is 5.99. The van der Waals surface area contributed by atoms with E-state index in [1.54, 1.807) is 26.4 Å². The fourth-order valence-electron chi connectivity index (χ4n) is 3.99. The van der Waals surface area contributed by atoms with Crippen LogP contribution in [0.15, 0.2) is 36.4 Å². The molecule has 2 aromatic rings. The Balaban J connectivity index is 1.56. The number of anilines is 1. The van der Waals surface area contributed by atoms with E-state index in [2.05, 4.69) is 4.90 Å². The number of methoxy groups -OCH3 is 2. The zero-order valence-electron chi connectivity index (χ0n) is 19.8. The molecule has 1 aliphatic heterocycles. The molecule has 0 aromatic heterocycles. The number of carbonyl (C=O) groups excluding carboxylic acids is 2. The number of hydrogen-bond acceptors (Lipinski definition) is 6. The second-order valence-corrected chi connectivity index (χ2v) is 8.08. The number of amides is 1. The molecule has 1 saturated heterocycles. The molecule has 0 N–H and O–H groups in total. The number of likely N-dealkylation sites (N-methyl/N-ethyl adjacent to an activating group) is 1. The van der Waals surface area contributed by atoms with E-state index >= 15 is 0 Å². The highest BCUT2D eigenvalue weighted by Crippen LogP contribution is 2.28. The van der Waals surface area contributed by atoms with Crippen LogP contribution in [0, 0.1) is 5.82 Å². The van der Waals surface area contributed by atoms with Gasteiger partial charge in [-0.2, -0.15) is 0 Å². The molecule has 1 aliphatic rings. The maximum absolute atomic E-state index is 14.5. The van der Waals surface area contributed by atoms with Gasteiger partial charge < -0.3 is 19.3 Å². The van der Waals surface area contributed by atoms with E-state index in [0.29, 0.717) is 62.0 Å². The topological polar surface area (TPSA) is 62.3 Å². The van der Waals surface area contributed by atoms with Crippen molar-refractivity contribution in [2.75, 3.05) is 58.4 Å². The van der Waals surface area contributed by atoms with Gasteiger partial charge in [-0.15, -0.1) is 0 Å². The van der Waals surface area contributed by atoms with E-state index in [4.69, 9.17) is 9.47 Å². The lowest BCUT2D eigenvalue weighted by atomic mass is 10.1. The van der Waals surface area contributed by atoms with Crippen LogP contribution in [-0.4, -0.2) is 75.0 Å². The molecule has 1 amide bonds. The lowest BCUT2D eigenvalue weighted by molar-refractivity contribution is -0.132. The Morgan fingerprint density at radius 3 is 2.27 bits per heavy atom. The van der Waals surface area contributed by atoms with Crippen LogP contribution in [-0.2, 0) is 11.3 Å². The van der Waals surface area contributed by atoms with Gasteiger partial charge in [0.05, 0.1) is 26.5 Å². The number of nitrogens with zero attached hydrogens (tertiary/aromatic N) is 3. The molecule has 0 aliphatic carbocycles. The molecule has 3 rings (SSSR count). The Hall–Kier alpha value is -3.13. The summed E-state index contributed by atoms with van der Waals surface area (Å²) < 4.78 is 25.1. The molecular formula is C25H32FN3O4. The lowest BCUT2D eigenvalue weighted by Crippen LogP contribution is -2.51. The van der Waals surface area contributed by atoms with E-state index in [1.165, 1.54) is 13.0 Å². The van der Waals surface area contributed by atoms with Gasteiger partial charge >= 0.3 is 0 Å². The van der Waals surface area contributed by atoms with Crippen molar-refractivity contribution < 1.29 is 23.5 Å². The second-order valence-electron chi connectivity index (χ2n) is 8.08. The summed E-state index contributed by atoms with van der Waals surface area (Å²) in [6.07, 6.45) is 0. The van der Waals surface area contributed by atoms with Crippen LogP contribution in [0.2, 0.25) is 0 Å². The van der Waals surface area contributed by atoms with Crippen molar-refractivity contribution in [1.82, 2.24) is 9.80 Å². The summed E-state index contributed by atoms with van der Waals surface area (Å²) in [6.45, 7) is 7.26. The maximum atomic E-state index is 14.5. The number of halogens is 1. The zero-order valence-corrected chi connectivity index (χ0v) is 19.8. The van der Waals surface area contributed by atoms with Crippen molar-refractivity contribution in [2.24, 2.45) is 0 Å². The van der Waals surface area contributed by atoms with Crippen molar-refractivity contribution in [2.45, 2.75) is 20.4 Å². The molecule has 2 aromatic carbocycles. The standard InChI is InChI=1S/C25H32FN3O4/c1-5-27(16-19-6-9-23(32-3)24(14-19)33-4)17-25(31)29-12-10-28(11-13-29)22-8-7-20(18(2)30)15-21(22)26/h6-9,14-15H,5,10-13,16-17H2,1-4H3. The molecule has 0 radical (unpaired) electrons. The predicted molar refractivity (Wildman–Crippen MR) is 126 cm³/mol. The van der Waals surface area contributed by atoms with Crippen LogP contribution < -0.4 is 14.4 Å². The van der Waals surface area contributed by atoms with Crippen LogP contribution >= 0.6 is 0 Å². The largest absolute Gasteiger partial charge is 0.493 e. The van der Waals surface area contributed by atoms with Crippen LogP contribution in [0.4, 0.5) is 10.1 Å². The van der Waals surface area contributed by atoms with Crippen molar-refractivity contribution in [3.05, 3.63) is 53.3 Å². The Labute approximate surface area is 194 Å². The highest BCUT2D eigenvalue weighted by molar-refractivity contribution is 5.94. The van der Waals surface area contributed by atoms with Gasteiger partial charge in [-0.25, -0.2) is 4.39 Å². The quantitative estimate of drug-likeness (QED) is 0.539. The summed E-state index contributed by atoms with van der Waals surface area (Å²) in [7, 11) is 3.20. The first-order valence-electron chi connectivity index (χ1n) is 11.1. The van der Waals surface area contributed by atoms with Crippen molar-refractivity contribution >= 4 is 17.4 Å². The van der Waals surface area contributed by atoms with Gasteiger partial charge in [-0.3, -0.25) is 14.5 Å². The molecular weight excluding hydrogens is 425 g/mol. The number of Topliss-reactive ketones (excluding diaryl/α,β-unsaturated/α-hetero) is 1. The van der Waals surface area contributed by atoms with E-state index in [9.17, 15) is 14.0 Å². The number of carbonyl (C=O) groups is 2. The van der Waals surface area contributed by atoms with Gasteiger partial charge in [0.2, 0.25) is 5.91 Å². The predicted octanol–water partition coefficient (Wildman–Crippen LogP) is 3.22. The third kappa shape index (κ3) is 6.01. The summed E-state index contributed by atoms with van der Waals surface area (Å²) in [5.41, 5.74) is 1.87. The molecule has 0 saturated carbocycles. The molecule has 178 valence electrons. The monoisotopic (exact) mass is 457 g/mol. The Morgan fingerprint density at radius 1 is 1.00 bits per heavy atom. The van der Waals surface area contributed by atoms with Crippen molar-refractivity contribution in [3.8, 4) is 11.5 Å². The molecule has 0 bridgehead atoms. The van der Waals surface area contributed by atoms with Gasteiger partial charge in [0, 0.05) is 38.3 Å². The van der Waals surface area contributed by atoms with Gasteiger partial charge in [-0.05, 0) is 49.4 Å². The first-order chi connectivity index (χ1) is 15.9. The highest BCUT2D eigenvalue weighted by Gasteiger charge is 2.24. The van der Waals surface area contributed by atoms with Crippen LogP contribution in [0.25, 0.3) is 0 Å². The Bertz CT molecular complexity index is 990. The second kappa shape index (κ2) is 11.1. The fraction of sp³-hybridized carbons (Fsp3) is 0.440. The fourth-order valence-corrected chi connectivity index (χ4v) is 3.99. The smallest absolute Gasteiger partial charge is 0.236 e. The van der Waals surface area contributed by atoms with E-state index in [-0.39, 0.29) is 11.7 Å². The Kier molecular flexibility index (Phi) is 8.27. The number of hydrogen-bond donors (Lipinski definition) is 0. The molecule has 7 nitrogen and oxygen atoms in total. The minimum absolute atomic E-state index is 0.0596. The number of ether oxygens (including phenoxy) is 2. The van der Waals surface area contributed by atoms with Gasteiger partial charge in [0.1, 0.15) is 5.82 Å². The van der Waals surface area contributed by atoms with E-state index < -0.39 is 5.82 Å². The summed E-state index contributed by atoms with van der Waals surface area (Å²) >= 11 is 0. The molecule has 0 spiro atoms. The number of rotatable bonds is 9. The number of piperazine rings is 1. The lowest BCUT2D eigenvalue weighted by Gasteiger charge is -2.37. The molecule has 1 heterocycles. The first kappa shape index (κ1) is 24.5. The van der Waals surface area contributed by atoms with Crippen LogP contribution in [0.1, 0.15) is 29.8 Å². The van der Waals surface area contributed by atoms with Gasteiger partial charge in [0.15, 0.2) is 17.3 Å². The average molecular weight is 458 g/mol. The SMILES string of the molecule is CCN(CC(=O)N1CCN(c2ccc(C(C)=O)cc2F)CC1)Cc1ccc(OC)c(OC)c1. The number of ketones is 1. The zero-order chi connectivity index (χ0) is 24.0. The summed E-state index contributed by atoms with van der Waals surface area (Å²) in [4.78, 5) is 30.2. The van der Waals surface area contributed by atoms with Crippen LogP contribution in [0.5, 0.6) is 11.5 Å². The molecule has 33 heavy (non-hydrogen) atoms. The summed E-state index contributed by atoms with van der Waals surface area (Å²) in [5, 5.41) is 0. The van der Waals surface area contributed by atoms with E-state index in [1.807, 2.05) is 34.9 Å². The minimum atomic E-state index is -0.408. The van der Waals surface area contributed by atoms with E-state index in [0.717, 1.165) is 12.1 Å². The molecule has 1 fully saturated rings. The number of benzene rings is 2. The van der Waals surface area contributed by atoms with Crippen molar-refractivity contribution in [1.29, 1.82) is 0 Å².